The Labute approximate surface area is 96.1 Å². The maximum absolute atomic E-state index is 11.8. The Bertz CT molecular complexity index is 260. The van der Waals surface area contributed by atoms with Crippen molar-refractivity contribution >= 4 is 11.8 Å². The van der Waals surface area contributed by atoms with Crippen LogP contribution in [0.4, 0.5) is 0 Å². The van der Waals surface area contributed by atoms with Gasteiger partial charge >= 0.3 is 0 Å². The zero-order valence-corrected chi connectivity index (χ0v) is 9.82. The minimum Gasteiger partial charge on any atom is -0.369 e. The Hall–Kier alpha value is -1.10. The molecule has 0 saturated carbocycles. The predicted molar refractivity (Wildman–Crippen MR) is 61.4 cm³/mol. The molecule has 0 aliphatic carbocycles. The smallest absolute Gasteiger partial charge is 0.239 e. The van der Waals surface area contributed by atoms with Gasteiger partial charge in [0.25, 0.3) is 0 Å². The van der Waals surface area contributed by atoms with E-state index in [-0.39, 0.29) is 17.7 Å². The number of amides is 2. The molecule has 92 valence electrons. The number of carbonyl (C=O) groups excluding carboxylic acids is 2. The summed E-state index contributed by atoms with van der Waals surface area (Å²) in [6.45, 7) is 3.21. The third-order valence-electron chi connectivity index (χ3n) is 3.13. The first-order valence-electron chi connectivity index (χ1n) is 5.90. The van der Waals surface area contributed by atoms with Gasteiger partial charge in [-0.25, -0.2) is 0 Å². The Morgan fingerprint density at radius 2 is 1.94 bits per heavy atom. The van der Waals surface area contributed by atoms with Crippen molar-refractivity contribution in [3.8, 4) is 0 Å². The summed E-state index contributed by atoms with van der Waals surface area (Å²) in [6.07, 6.45) is 2.96. The van der Waals surface area contributed by atoms with Gasteiger partial charge in [0.15, 0.2) is 0 Å². The van der Waals surface area contributed by atoms with Gasteiger partial charge in [-0.1, -0.05) is 13.3 Å². The second kappa shape index (κ2) is 5.84. The number of hydrogen-bond acceptors (Lipinski definition) is 3. The van der Waals surface area contributed by atoms with E-state index in [0.717, 1.165) is 6.42 Å². The SMILES string of the molecule is CCC[C@@H](N)C(=O)N1CCC(C(N)=O)CC1. The van der Waals surface area contributed by atoms with Gasteiger partial charge in [-0.2, -0.15) is 0 Å². The lowest BCUT2D eigenvalue weighted by Crippen LogP contribution is -2.48. The van der Waals surface area contributed by atoms with Crippen molar-refractivity contribution in [3.63, 3.8) is 0 Å². The van der Waals surface area contributed by atoms with E-state index in [9.17, 15) is 9.59 Å². The van der Waals surface area contributed by atoms with Crippen LogP contribution >= 0.6 is 0 Å². The monoisotopic (exact) mass is 227 g/mol. The molecule has 0 aromatic heterocycles. The van der Waals surface area contributed by atoms with Crippen molar-refractivity contribution in [1.82, 2.24) is 4.90 Å². The molecule has 16 heavy (non-hydrogen) atoms. The van der Waals surface area contributed by atoms with E-state index >= 15 is 0 Å². The molecule has 0 bridgehead atoms. The summed E-state index contributed by atoms with van der Waals surface area (Å²) in [5.74, 6) is -0.332. The molecule has 1 aliphatic heterocycles. The average Bonchev–Trinajstić information content (AvgIpc) is 2.28. The number of piperidine rings is 1. The molecule has 0 unspecified atom stereocenters. The van der Waals surface area contributed by atoms with E-state index in [1.54, 1.807) is 4.90 Å². The van der Waals surface area contributed by atoms with Gasteiger partial charge in [-0.3, -0.25) is 9.59 Å². The first-order chi connectivity index (χ1) is 7.56. The molecule has 0 aromatic rings. The minimum atomic E-state index is -0.393. The highest BCUT2D eigenvalue weighted by Crippen LogP contribution is 2.17. The standard InChI is InChI=1S/C11H21N3O2/c1-2-3-9(12)11(16)14-6-4-8(5-7-14)10(13)15/h8-9H,2-7,12H2,1H3,(H2,13,15)/t9-/m1/s1. The number of carbonyl (C=O) groups is 2. The lowest BCUT2D eigenvalue weighted by Gasteiger charge is -2.32. The normalized spacial score (nSPS) is 19.5. The molecule has 5 heteroatoms. The number of likely N-dealkylation sites (tertiary alicyclic amines) is 1. The van der Waals surface area contributed by atoms with Crippen molar-refractivity contribution < 1.29 is 9.59 Å². The van der Waals surface area contributed by atoms with Crippen LogP contribution < -0.4 is 11.5 Å². The van der Waals surface area contributed by atoms with Gasteiger partial charge < -0.3 is 16.4 Å². The predicted octanol–water partition coefficient (Wildman–Crippen LogP) is -0.162. The second-order valence-corrected chi connectivity index (χ2v) is 4.40. The summed E-state index contributed by atoms with van der Waals surface area (Å²) in [5.41, 5.74) is 11.0. The summed E-state index contributed by atoms with van der Waals surface area (Å²) in [6, 6.07) is -0.393. The zero-order valence-electron chi connectivity index (χ0n) is 9.82. The molecule has 4 N–H and O–H groups in total. The summed E-state index contributed by atoms with van der Waals surface area (Å²) >= 11 is 0. The molecule has 5 nitrogen and oxygen atoms in total. The maximum Gasteiger partial charge on any atom is 0.239 e. The minimum absolute atomic E-state index is 0.00442. The van der Waals surface area contributed by atoms with Crippen molar-refractivity contribution in [1.29, 1.82) is 0 Å². The fraction of sp³-hybridized carbons (Fsp3) is 0.818. The van der Waals surface area contributed by atoms with Crippen LogP contribution in [0.1, 0.15) is 32.6 Å². The van der Waals surface area contributed by atoms with E-state index < -0.39 is 6.04 Å². The number of nitrogens with zero attached hydrogens (tertiary/aromatic N) is 1. The van der Waals surface area contributed by atoms with Crippen LogP contribution in [0.25, 0.3) is 0 Å². The number of primary amides is 1. The molecular formula is C11H21N3O2. The van der Waals surface area contributed by atoms with Crippen LogP contribution in [0.15, 0.2) is 0 Å². The highest BCUT2D eigenvalue weighted by molar-refractivity contribution is 5.82. The molecule has 0 spiro atoms. The van der Waals surface area contributed by atoms with E-state index in [1.807, 2.05) is 6.92 Å². The fourth-order valence-corrected chi connectivity index (χ4v) is 2.05. The molecule has 1 fully saturated rings. The summed E-state index contributed by atoms with van der Waals surface area (Å²) in [4.78, 5) is 24.6. The molecule has 1 atom stereocenters. The quantitative estimate of drug-likeness (QED) is 0.699. The van der Waals surface area contributed by atoms with Gasteiger partial charge in [-0.05, 0) is 19.3 Å². The van der Waals surface area contributed by atoms with Crippen molar-refractivity contribution in [2.24, 2.45) is 17.4 Å². The second-order valence-electron chi connectivity index (χ2n) is 4.40. The maximum atomic E-state index is 11.8. The molecule has 0 aromatic carbocycles. The van der Waals surface area contributed by atoms with Gasteiger partial charge in [-0.15, -0.1) is 0 Å². The highest BCUT2D eigenvalue weighted by atomic mass is 16.2. The molecular weight excluding hydrogens is 206 g/mol. The topological polar surface area (TPSA) is 89.4 Å². The Morgan fingerprint density at radius 1 is 1.38 bits per heavy atom. The van der Waals surface area contributed by atoms with E-state index in [0.29, 0.717) is 32.4 Å². The summed E-state index contributed by atoms with van der Waals surface area (Å²) in [7, 11) is 0. The number of rotatable bonds is 4. The van der Waals surface area contributed by atoms with Crippen LogP contribution in [-0.2, 0) is 9.59 Å². The summed E-state index contributed by atoms with van der Waals surface area (Å²) < 4.78 is 0. The average molecular weight is 227 g/mol. The molecule has 1 rings (SSSR count). The van der Waals surface area contributed by atoms with Gasteiger partial charge in [0.2, 0.25) is 11.8 Å². The fourth-order valence-electron chi connectivity index (χ4n) is 2.05. The third kappa shape index (κ3) is 3.20. The van der Waals surface area contributed by atoms with Crippen LogP contribution in [0.5, 0.6) is 0 Å². The molecule has 1 heterocycles. The van der Waals surface area contributed by atoms with E-state index in [4.69, 9.17) is 11.5 Å². The lowest BCUT2D eigenvalue weighted by atomic mass is 9.95. The first kappa shape index (κ1) is 13.0. The van der Waals surface area contributed by atoms with Crippen molar-refractivity contribution in [2.75, 3.05) is 13.1 Å². The van der Waals surface area contributed by atoms with Gasteiger partial charge in [0, 0.05) is 19.0 Å². The highest BCUT2D eigenvalue weighted by Gasteiger charge is 2.27. The lowest BCUT2D eigenvalue weighted by molar-refractivity contribution is -0.136. The van der Waals surface area contributed by atoms with Crippen LogP contribution in [0, 0.1) is 5.92 Å². The third-order valence-corrected chi connectivity index (χ3v) is 3.13. The molecule has 1 saturated heterocycles. The van der Waals surface area contributed by atoms with Gasteiger partial charge in [0.1, 0.15) is 0 Å². The largest absolute Gasteiger partial charge is 0.369 e. The van der Waals surface area contributed by atoms with Crippen molar-refractivity contribution in [2.45, 2.75) is 38.6 Å². The van der Waals surface area contributed by atoms with E-state index in [1.165, 1.54) is 0 Å². The molecule has 1 aliphatic rings. The van der Waals surface area contributed by atoms with E-state index in [2.05, 4.69) is 0 Å². The summed E-state index contributed by atoms with van der Waals surface area (Å²) in [5, 5.41) is 0. The Balaban J connectivity index is 2.41. The Kier molecular flexibility index (Phi) is 4.73. The van der Waals surface area contributed by atoms with Crippen molar-refractivity contribution in [3.05, 3.63) is 0 Å². The van der Waals surface area contributed by atoms with Crippen LogP contribution in [-0.4, -0.2) is 35.8 Å². The first-order valence-corrected chi connectivity index (χ1v) is 5.90. The molecule has 0 radical (unpaired) electrons. The Morgan fingerprint density at radius 3 is 2.38 bits per heavy atom. The number of hydrogen-bond donors (Lipinski definition) is 2. The van der Waals surface area contributed by atoms with Crippen LogP contribution in [0.3, 0.4) is 0 Å². The zero-order chi connectivity index (χ0) is 12.1. The van der Waals surface area contributed by atoms with Gasteiger partial charge in [0.05, 0.1) is 6.04 Å². The molecule has 2 amide bonds. The van der Waals surface area contributed by atoms with Crippen LogP contribution in [0.2, 0.25) is 0 Å². The number of nitrogens with two attached hydrogens (primary N) is 2.